The molecular formula is C19H29N. The first-order valence-electron chi connectivity index (χ1n) is 8.53. The molecule has 0 aliphatic heterocycles. The fourth-order valence-electron chi connectivity index (χ4n) is 4.53. The van der Waals surface area contributed by atoms with E-state index in [1.165, 1.54) is 37.7 Å². The largest absolute Gasteiger partial charge is 0.316 e. The van der Waals surface area contributed by atoms with Gasteiger partial charge < -0.3 is 5.32 Å². The third kappa shape index (κ3) is 3.09. The molecule has 2 aliphatic carbocycles. The molecule has 4 atom stereocenters. The molecule has 1 nitrogen and oxygen atoms in total. The summed E-state index contributed by atoms with van der Waals surface area (Å²) in [5.41, 5.74) is 2.91. The van der Waals surface area contributed by atoms with Gasteiger partial charge in [0, 0.05) is 6.54 Å². The molecule has 1 N–H and O–H groups in total. The zero-order chi connectivity index (χ0) is 13.9. The van der Waals surface area contributed by atoms with Gasteiger partial charge >= 0.3 is 0 Å². The van der Waals surface area contributed by atoms with Gasteiger partial charge in [-0.15, -0.1) is 0 Å². The monoisotopic (exact) mass is 271 g/mol. The Balaban J connectivity index is 1.67. The Labute approximate surface area is 124 Å². The van der Waals surface area contributed by atoms with E-state index in [1.807, 2.05) is 0 Å². The molecule has 0 amide bonds. The van der Waals surface area contributed by atoms with Crippen molar-refractivity contribution in [3.8, 4) is 0 Å². The first-order valence-corrected chi connectivity index (χ1v) is 8.53. The Bertz CT molecular complexity index is 422. The highest BCUT2D eigenvalue weighted by Crippen LogP contribution is 2.51. The molecule has 1 aromatic carbocycles. The fraction of sp³-hybridized carbons (Fsp3) is 0.684. The van der Waals surface area contributed by atoms with Crippen molar-refractivity contribution in [2.75, 3.05) is 13.1 Å². The van der Waals surface area contributed by atoms with Gasteiger partial charge in [0.05, 0.1) is 0 Å². The molecule has 20 heavy (non-hydrogen) atoms. The van der Waals surface area contributed by atoms with E-state index in [-0.39, 0.29) is 0 Å². The summed E-state index contributed by atoms with van der Waals surface area (Å²) in [5.74, 6) is 3.83. The highest BCUT2D eigenvalue weighted by Gasteiger charge is 2.40. The molecule has 3 rings (SSSR count). The minimum atomic E-state index is 0.708. The summed E-state index contributed by atoms with van der Waals surface area (Å²) in [5, 5.41) is 3.58. The molecule has 4 unspecified atom stereocenters. The van der Waals surface area contributed by atoms with Crippen LogP contribution in [0.5, 0.6) is 0 Å². The van der Waals surface area contributed by atoms with Crippen LogP contribution in [0.2, 0.25) is 0 Å². The maximum Gasteiger partial charge on any atom is 0.00201 e. The summed E-state index contributed by atoms with van der Waals surface area (Å²) in [6, 6.07) is 9.25. The maximum atomic E-state index is 3.58. The minimum Gasteiger partial charge on any atom is -0.316 e. The van der Waals surface area contributed by atoms with Crippen molar-refractivity contribution in [3.63, 3.8) is 0 Å². The van der Waals surface area contributed by atoms with Crippen molar-refractivity contribution in [3.05, 3.63) is 35.4 Å². The third-order valence-electron chi connectivity index (χ3n) is 5.66. The predicted molar refractivity (Wildman–Crippen MR) is 86.0 cm³/mol. The Morgan fingerprint density at radius 3 is 2.55 bits per heavy atom. The first-order chi connectivity index (χ1) is 9.76. The lowest BCUT2D eigenvalue weighted by atomic mass is 9.80. The normalized spacial score (nSPS) is 29.8. The predicted octanol–water partition coefficient (Wildman–Crippen LogP) is 4.51. The molecule has 0 saturated heterocycles. The summed E-state index contributed by atoms with van der Waals surface area (Å²) in [4.78, 5) is 0. The lowest BCUT2D eigenvalue weighted by Gasteiger charge is -2.27. The molecule has 0 radical (unpaired) electrons. The average molecular weight is 271 g/mol. The molecule has 0 spiro atoms. The second-order valence-corrected chi connectivity index (χ2v) is 7.09. The summed E-state index contributed by atoms with van der Waals surface area (Å²) in [6.45, 7) is 6.62. The van der Waals surface area contributed by atoms with Crippen molar-refractivity contribution in [2.45, 2.75) is 51.9 Å². The molecular weight excluding hydrogens is 242 g/mol. The van der Waals surface area contributed by atoms with E-state index in [9.17, 15) is 0 Å². The zero-order valence-electron chi connectivity index (χ0n) is 13.1. The van der Waals surface area contributed by atoms with E-state index < -0.39 is 0 Å². The number of benzene rings is 1. The molecule has 2 bridgehead atoms. The van der Waals surface area contributed by atoms with E-state index in [2.05, 4.69) is 43.4 Å². The van der Waals surface area contributed by atoms with Gasteiger partial charge in [0.2, 0.25) is 0 Å². The number of rotatable bonds is 6. The van der Waals surface area contributed by atoms with Crippen molar-refractivity contribution in [1.82, 2.24) is 5.32 Å². The second kappa shape index (κ2) is 6.30. The van der Waals surface area contributed by atoms with Crippen LogP contribution in [-0.4, -0.2) is 13.1 Å². The van der Waals surface area contributed by atoms with Crippen LogP contribution in [0.1, 0.15) is 56.1 Å². The quantitative estimate of drug-likeness (QED) is 0.802. The summed E-state index contributed by atoms with van der Waals surface area (Å²) >= 11 is 0. The number of fused-ring (bicyclic) bond motifs is 2. The third-order valence-corrected chi connectivity index (χ3v) is 5.66. The Morgan fingerprint density at radius 2 is 1.95 bits per heavy atom. The lowest BCUT2D eigenvalue weighted by Crippen LogP contribution is -2.24. The van der Waals surface area contributed by atoms with Crippen molar-refractivity contribution in [2.24, 2.45) is 17.8 Å². The van der Waals surface area contributed by atoms with E-state index >= 15 is 0 Å². The maximum absolute atomic E-state index is 3.58. The van der Waals surface area contributed by atoms with Crippen molar-refractivity contribution < 1.29 is 0 Å². The first kappa shape index (κ1) is 14.1. The fourth-order valence-corrected chi connectivity index (χ4v) is 4.53. The van der Waals surface area contributed by atoms with E-state index in [1.54, 1.807) is 5.56 Å². The lowest BCUT2D eigenvalue weighted by molar-refractivity contribution is 0.292. The molecule has 2 saturated carbocycles. The van der Waals surface area contributed by atoms with Gasteiger partial charge in [0.1, 0.15) is 0 Å². The Morgan fingerprint density at radius 1 is 1.15 bits per heavy atom. The molecule has 2 aliphatic rings. The van der Waals surface area contributed by atoms with Gasteiger partial charge in [-0.1, -0.05) is 43.2 Å². The van der Waals surface area contributed by atoms with Gasteiger partial charge in [-0.3, -0.25) is 0 Å². The second-order valence-electron chi connectivity index (χ2n) is 7.09. The van der Waals surface area contributed by atoms with Gasteiger partial charge in [-0.05, 0) is 68.4 Å². The van der Waals surface area contributed by atoms with Crippen LogP contribution < -0.4 is 5.32 Å². The average Bonchev–Trinajstić information content (AvgIpc) is 3.07. The van der Waals surface area contributed by atoms with E-state index in [0.29, 0.717) is 5.92 Å². The minimum absolute atomic E-state index is 0.708. The molecule has 2 fully saturated rings. The van der Waals surface area contributed by atoms with Crippen LogP contribution >= 0.6 is 0 Å². The van der Waals surface area contributed by atoms with Crippen LogP contribution in [-0.2, 0) is 0 Å². The SMILES string of the molecule is CCNCC(CC1CC2CCC1C2)c1ccc(C)cc1. The number of likely N-dealkylation sites (N-methyl/N-ethyl adjacent to an activating group) is 1. The standard InChI is InChI=1S/C19H29N/c1-3-20-13-19(16-7-4-14(2)5-8-16)12-18-11-15-6-9-17(18)10-15/h4-5,7-8,15,17-20H,3,6,9-13H2,1-2H3. The van der Waals surface area contributed by atoms with Crippen molar-refractivity contribution in [1.29, 1.82) is 0 Å². The summed E-state index contributed by atoms with van der Waals surface area (Å²) in [6.07, 6.45) is 7.48. The van der Waals surface area contributed by atoms with Gasteiger partial charge in [0.15, 0.2) is 0 Å². The zero-order valence-corrected chi connectivity index (χ0v) is 13.1. The summed E-state index contributed by atoms with van der Waals surface area (Å²) in [7, 11) is 0. The molecule has 0 heterocycles. The molecule has 1 heteroatoms. The van der Waals surface area contributed by atoms with Gasteiger partial charge in [0.25, 0.3) is 0 Å². The van der Waals surface area contributed by atoms with Gasteiger partial charge in [-0.25, -0.2) is 0 Å². The van der Waals surface area contributed by atoms with Crippen LogP contribution in [0.15, 0.2) is 24.3 Å². The molecule has 110 valence electrons. The van der Waals surface area contributed by atoms with Crippen LogP contribution in [0, 0.1) is 24.7 Å². The highest BCUT2D eigenvalue weighted by molar-refractivity contribution is 5.25. The highest BCUT2D eigenvalue weighted by atomic mass is 14.8. The summed E-state index contributed by atoms with van der Waals surface area (Å²) < 4.78 is 0. The Hall–Kier alpha value is -0.820. The Kier molecular flexibility index (Phi) is 4.45. The molecule has 0 aromatic heterocycles. The smallest absolute Gasteiger partial charge is 0.00201 e. The number of nitrogens with one attached hydrogen (secondary N) is 1. The van der Waals surface area contributed by atoms with Crippen LogP contribution in [0.4, 0.5) is 0 Å². The van der Waals surface area contributed by atoms with E-state index in [0.717, 1.165) is 30.8 Å². The van der Waals surface area contributed by atoms with Gasteiger partial charge in [-0.2, -0.15) is 0 Å². The van der Waals surface area contributed by atoms with Crippen molar-refractivity contribution >= 4 is 0 Å². The van der Waals surface area contributed by atoms with Crippen LogP contribution in [0.3, 0.4) is 0 Å². The number of aryl methyl sites for hydroxylation is 1. The van der Waals surface area contributed by atoms with Crippen LogP contribution in [0.25, 0.3) is 0 Å². The topological polar surface area (TPSA) is 12.0 Å². The number of hydrogen-bond acceptors (Lipinski definition) is 1. The number of hydrogen-bond donors (Lipinski definition) is 1. The van der Waals surface area contributed by atoms with E-state index in [4.69, 9.17) is 0 Å². The molecule has 1 aromatic rings.